The molecule has 0 fully saturated rings. The maximum Gasteiger partial charge on any atom is 0.269 e. The lowest BCUT2D eigenvalue weighted by molar-refractivity contribution is -0.385. The molecule has 2 aromatic rings. The van der Waals surface area contributed by atoms with Gasteiger partial charge in [0.25, 0.3) is 11.4 Å². The summed E-state index contributed by atoms with van der Waals surface area (Å²) in [5.41, 5.74) is 1.69. The highest BCUT2D eigenvalue weighted by molar-refractivity contribution is 8.73. The summed E-state index contributed by atoms with van der Waals surface area (Å²) >= 11 is 2.08. The Bertz CT molecular complexity index is 632. The number of nitro benzene ring substituents is 2. The molecule has 0 aliphatic heterocycles. The lowest BCUT2D eigenvalue weighted by Gasteiger charge is -2.03. The lowest BCUT2D eigenvalue weighted by atomic mass is 10.2. The molecule has 0 unspecified atom stereocenters. The fourth-order valence-corrected chi connectivity index (χ4v) is 2.62. The van der Waals surface area contributed by atoms with Crippen LogP contribution >= 0.6 is 22.1 Å². The molecule has 8 nitrogen and oxygen atoms in total. The number of benzene rings is 2. The van der Waals surface area contributed by atoms with Crippen LogP contribution in [0, 0.1) is 20.2 Å². The van der Waals surface area contributed by atoms with Crippen molar-refractivity contribution in [1.82, 2.24) is 0 Å². The summed E-state index contributed by atoms with van der Waals surface area (Å²) in [6, 6.07) is 12.2. The molecular formula is C14H12N2O6S2. The van der Waals surface area contributed by atoms with Crippen LogP contribution in [0.4, 0.5) is 11.4 Å². The fourth-order valence-electron chi connectivity index (χ4n) is 1.65. The summed E-state index contributed by atoms with van der Waals surface area (Å²) in [4.78, 5) is 20.1. The molecule has 0 N–H and O–H groups in total. The number of rotatable bonds is 9. The molecule has 2 aromatic carbocycles. The van der Waals surface area contributed by atoms with Gasteiger partial charge in [0, 0.05) is 24.3 Å². The van der Waals surface area contributed by atoms with Gasteiger partial charge in [-0.05, 0) is 35.4 Å². The van der Waals surface area contributed by atoms with E-state index in [0.717, 1.165) is 33.3 Å². The highest BCUT2D eigenvalue weighted by Gasteiger charge is 2.05. The minimum atomic E-state index is -0.457. The van der Waals surface area contributed by atoms with Crippen LogP contribution < -0.4 is 0 Å². The third-order valence-electron chi connectivity index (χ3n) is 2.87. The zero-order valence-electron chi connectivity index (χ0n) is 12.2. The smallest absolute Gasteiger partial charge is 0.269 e. The molecule has 0 radical (unpaired) electrons. The minimum absolute atomic E-state index is 0.0345. The molecule has 24 heavy (non-hydrogen) atoms. The molecule has 0 heterocycles. The van der Waals surface area contributed by atoms with Crippen LogP contribution in [-0.4, -0.2) is 9.85 Å². The summed E-state index contributed by atoms with van der Waals surface area (Å²) in [7, 11) is 0. The van der Waals surface area contributed by atoms with Gasteiger partial charge in [-0.3, -0.25) is 28.6 Å². The van der Waals surface area contributed by atoms with Crippen LogP contribution in [0.1, 0.15) is 11.1 Å². The van der Waals surface area contributed by atoms with E-state index in [9.17, 15) is 20.2 Å². The second-order valence-corrected chi connectivity index (χ2v) is 6.07. The SMILES string of the molecule is O=[N+]([O-])c1ccc(COSSOCc2ccc([N+](=O)[O-])cc2)cc1. The third kappa shape index (κ3) is 5.81. The van der Waals surface area contributed by atoms with Crippen molar-refractivity contribution in [2.75, 3.05) is 0 Å². The number of non-ortho nitro benzene ring substituents is 2. The van der Waals surface area contributed by atoms with Gasteiger partial charge in [0.1, 0.15) is 0 Å². The molecule has 0 aliphatic rings. The maximum absolute atomic E-state index is 10.5. The monoisotopic (exact) mass is 368 g/mol. The van der Waals surface area contributed by atoms with Gasteiger partial charge in [-0.15, -0.1) is 0 Å². The Morgan fingerprint density at radius 1 is 0.708 bits per heavy atom. The van der Waals surface area contributed by atoms with Gasteiger partial charge >= 0.3 is 0 Å². The Morgan fingerprint density at radius 3 is 1.33 bits per heavy atom. The van der Waals surface area contributed by atoms with Gasteiger partial charge in [-0.25, -0.2) is 0 Å². The van der Waals surface area contributed by atoms with E-state index in [1.165, 1.54) is 24.3 Å². The molecule has 0 aromatic heterocycles. The molecular weight excluding hydrogens is 356 g/mol. The van der Waals surface area contributed by atoms with Crippen molar-refractivity contribution in [2.45, 2.75) is 13.2 Å². The standard InChI is InChI=1S/C14H12N2O6S2/c17-15(18)13-5-1-11(2-6-13)9-21-23-24-22-10-12-3-7-14(8-4-12)16(19)20/h1-8H,9-10H2. The van der Waals surface area contributed by atoms with Crippen molar-refractivity contribution in [1.29, 1.82) is 0 Å². The van der Waals surface area contributed by atoms with Gasteiger partial charge in [0.15, 0.2) is 0 Å². The first-order chi connectivity index (χ1) is 11.6. The molecule has 0 saturated heterocycles. The molecule has 0 spiro atoms. The average Bonchev–Trinajstić information content (AvgIpc) is 2.58. The van der Waals surface area contributed by atoms with Crippen LogP contribution in [0.3, 0.4) is 0 Å². The Labute approximate surface area is 145 Å². The fraction of sp³-hybridized carbons (Fsp3) is 0.143. The number of nitro groups is 2. The zero-order chi connectivity index (χ0) is 17.4. The first kappa shape index (κ1) is 18.2. The molecule has 0 aliphatic carbocycles. The second-order valence-electron chi connectivity index (χ2n) is 4.51. The van der Waals surface area contributed by atoms with Crippen molar-refractivity contribution < 1.29 is 18.2 Å². The van der Waals surface area contributed by atoms with Gasteiger partial charge < -0.3 is 0 Å². The van der Waals surface area contributed by atoms with E-state index in [1.54, 1.807) is 24.3 Å². The first-order valence-corrected chi connectivity index (χ1v) is 8.60. The quantitative estimate of drug-likeness (QED) is 0.210. The summed E-state index contributed by atoms with van der Waals surface area (Å²) in [6.45, 7) is 0.576. The number of hydrogen-bond acceptors (Lipinski definition) is 8. The van der Waals surface area contributed by atoms with Gasteiger partial charge in [0.2, 0.25) is 0 Å². The topological polar surface area (TPSA) is 105 Å². The van der Waals surface area contributed by atoms with E-state index in [0.29, 0.717) is 0 Å². The highest BCUT2D eigenvalue weighted by Crippen LogP contribution is 2.27. The number of nitrogens with zero attached hydrogens (tertiary/aromatic N) is 2. The Kier molecular flexibility index (Phi) is 7.00. The van der Waals surface area contributed by atoms with Crippen LogP contribution in [0.5, 0.6) is 0 Å². The maximum atomic E-state index is 10.5. The van der Waals surface area contributed by atoms with Crippen LogP contribution in [0.2, 0.25) is 0 Å². The number of hydrogen-bond donors (Lipinski definition) is 0. The van der Waals surface area contributed by atoms with E-state index in [4.69, 9.17) is 8.37 Å². The summed E-state index contributed by atoms with van der Waals surface area (Å²) in [5, 5.41) is 21.1. The molecule has 0 amide bonds. The molecule has 2 rings (SSSR count). The van der Waals surface area contributed by atoms with Crippen molar-refractivity contribution >= 4 is 33.5 Å². The van der Waals surface area contributed by atoms with Crippen molar-refractivity contribution in [3.8, 4) is 0 Å². The average molecular weight is 368 g/mol. The summed E-state index contributed by atoms with van der Waals surface area (Å²) < 4.78 is 10.6. The largest absolute Gasteiger partial charge is 0.299 e. The van der Waals surface area contributed by atoms with Crippen molar-refractivity contribution in [3.05, 3.63) is 79.9 Å². The predicted octanol–water partition coefficient (Wildman–Crippen LogP) is 4.45. The van der Waals surface area contributed by atoms with Gasteiger partial charge in [0.05, 0.1) is 45.2 Å². The lowest BCUT2D eigenvalue weighted by Crippen LogP contribution is -1.90. The highest BCUT2D eigenvalue weighted by atomic mass is 33.1. The molecule has 0 saturated carbocycles. The minimum Gasteiger partial charge on any atom is -0.299 e. The summed E-state index contributed by atoms with van der Waals surface area (Å²) in [5.74, 6) is 0. The van der Waals surface area contributed by atoms with Crippen LogP contribution in [0.25, 0.3) is 0 Å². The molecule has 0 bridgehead atoms. The Balaban J connectivity index is 1.62. The van der Waals surface area contributed by atoms with E-state index >= 15 is 0 Å². The Hall–Kier alpha value is -2.14. The van der Waals surface area contributed by atoms with E-state index in [2.05, 4.69) is 0 Å². The predicted molar refractivity (Wildman–Crippen MR) is 91.0 cm³/mol. The van der Waals surface area contributed by atoms with Gasteiger partial charge in [-0.1, -0.05) is 0 Å². The van der Waals surface area contributed by atoms with Crippen molar-refractivity contribution in [2.24, 2.45) is 0 Å². The Morgan fingerprint density at radius 2 is 1.04 bits per heavy atom. The van der Waals surface area contributed by atoms with Crippen molar-refractivity contribution in [3.63, 3.8) is 0 Å². The molecule has 126 valence electrons. The molecule has 0 atom stereocenters. The third-order valence-corrected chi connectivity index (χ3v) is 4.10. The van der Waals surface area contributed by atoms with Crippen LogP contribution in [-0.2, 0) is 21.6 Å². The van der Waals surface area contributed by atoms with E-state index < -0.39 is 9.85 Å². The normalized spacial score (nSPS) is 10.5. The van der Waals surface area contributed by atoms with Crippen LogP contribution in [0.15, 0.2) is 48.5 Å². The summed E-state index contributed by atoms with van der Waals surface area (Å²) in [6.07, 6.45) is 0. The van der Waals surface area contributed by atoms with E-state index in [-0.39, 0.29) is 24.6 Å². The second kappa shape index (κ2) is 9.23. The van der Waals surface area contributed by atoms with Gasteiger partial charge in [-0.2, -0.15) is 0 Å². The van der Waals surface area contributed by atoms with E-state index in [1.807, 2.05) is 0 Å². The first-order valence-electron chi connectivity index (χ1n) is 6.60. The molecule has 10 heteroatoms. The zero-order valence-corrected chi connectivity index (χ0v) is 13.8.